The molecular formula is C29H33FN2O2S. The molecule has 1 N–H and O–H groups in total. The smallest absolute Gasteiger partial charge is 0.243 e. The highest BCUT2D eigenvalue weighted by Gasteiger charge is 2.32. The van der Waals surface area contributed by atoms with Gasteiger partial charge in [0.25, 0.3) is 0 Å². The van der Waals surface area contributed by atoms with Crippen LogP contribution in [0.15, 0.2) is 84.9 Å². The van der Waals surface area contributed by atoms with Crippen LogP contribution < -0.4 is 5.32 Å². The van der Waals surface area contributed by atoms with Crippen molar-refractivity contribution in [3.8, 4) is 0 Å². The number of nitrogens with one attached hydrogen (secondary N) is 1. The van der Waals surface area contributed by atoms with Crippen molar-refractivity contribution in [2.24, 2.45) is 0 Å². The summed E-state index contributed by atoms with van der Waals surface area (Å²) in [6.45, 7) is 5.74. The molecule has 0 aliphatic heterocycles. The lowest BCUT2D eigenvalue weighted by Crippen LogP contribution is -2.54. The van der Waals surface area contributed by atoms with Gasteiger partial charge >= 0.3 is 0 Å². The molecule has 0 spiro atoms. The van der Waals surface area contributed by atoms with Crippen molar-refractivity contribution in [3.05, 3.63) is 107 Å². The van der Waals surface area contributed by atoms with E-state index in [1.54, 1.807) is 18.2 Å². The molecule has 2 amide bonds. The van der Waals surface area contributed by atoms with Gasteiger partial charge in [-0.2, -0.15) is 0 Å². The summed E-state index contributed by atoms with van der Waals surface area (Å²) < 4.78 is 14.6. The third kappa shape index (κ3) is 8.55. The lowest BCUT2D eigenvalue weighted by Gasteiger charge is -2.34. The van der Waals surface area contributed by atoms with Crippen molar-refractivity contribution in [1.29, 1.82) is 0 Å². The van der Waals surface area contributed by atoms with E-state index in [0.717, 1.165) is 11.1 Å². The van der Waals surface area contributed by atoms with Gasteiger partial charge in [0.1, 0.15) is 11.9 Å². The van der Waals surface area contributed by atoms with Crippen LogP contribution in [0.2, 0.25) is 0 Å². The molecule has 0 radical (unpaired) electrons. The highest BCUT2D eigenvalue weighted by molar-refractivity contribution is 7.99. The predicted molar refractivity (Wildman–Crippen MR) is 141 cm³/mol. The molecule has 0 bridgehead atoms. The van der Waals surface area contributed by atoms with Crippen LogP contribution in [0.5, 0.6) is 0 Å². The summed E-state index contributed by atoms with van der Waals surface area (Å²) in [6, 6.07) is 25.2. The number of benzene rings is 3. The van der Waals surface area contributed by atoms with Gasteiger partial charge in [-0.1, -0.05) is 78.9 Å². The van der Waals surface area contributed by atoms with E-state index < -0.39 is 17.4 Å². The summed E-state index contributed by atoms with van der Waals surface area (Å²) >= 11 is 1.49. The third-order valence-corrected chi connectivity index (χ3v) is 6.39. The maximum absolute atomic E-state index is 14.6. The normalized spacial score (nSPS) is 12.1. The van der Waals surface area contributed by atoms with Crippen molar-refractivity contribution in [2.45, 2.75) is 51.1 Å². The van der Waals surface area contributed by atoms with Crippen molar-refractivity contribution in [2.75, 3.05) is 5.75 Å². The van der Waals surface area contributed by atoms with Gasteiger partial charge in [0, 0.05) is 29.8 Å². The summed E-state index contributed by atoms with van der Waals surface area (Å²) in [4.78, 5) is 28.6. The van der Waals surface area contributed by atoms with Crippen molar-refractivity contribution in [3.63, 3.8) is 0 Å². The molecule has 3 aromatic rings. The van der Waals surface area contributed by atoms with Crippen LogP contribution in [0.3, 0.4) is 0 Å². The predicted octanol–water partition coefficient (Wildman–Crippen LogP) is 5.61. The molecule has 0 aliphatic rings. The molecule has 4 nitrogen and oxygen atoms in total. The highest BCUT2D eigenvalue weighted by atomic mass is 32.2. The minimum atomic E-state index is -0.777. The van der Waals surface area contributed by atoms with Crippen LogP contribution in [0.1, 0.15) is 37.5 Å². The number of thioether (sulfide) groups is 1. The number of hydrogen-bond acceptors (Lipinski definition) is 3. The second-order valence-corrected chi connectivity index (χ2v) is 10.5. The maximum Gasteiger partial charge on any atom is 0.243 e. The standard InChI is InChI=1S/C29H33FN2O2S/c1-29(2,3)31-28(34)26(18-22-12-6-4-7-13-22)32(19-24-16-10-11-17-25(24)30)27(33)21-35-20-23-14-8-5-9-15-23/h4-17,26H,18-21H2,1-3H3,(H,31,34)/t26-/m0/s1. The van der Waals surface area contributed by atoms with Crippen LogP contribution in [0, 0.1) is 5.82 Å². The van der Waals surface area contributed by atoms with E-state index in [1.165, 1.54) is 22.7 Å². The number of hydrogen-bond donors (Lipinski definition) is 1. The van der Waals surface area contributed by atoms with Gasteiger partial charge < -0.3 is 10.2 Å². The molecule has 0 fully saturated rings. The number of amides is 2. The average Bonchev–Trinajstić information content (AvgIpc) is 2.82. The molecule has 0 heterocycles. The first-order valence-electron chi connectivity index (χ1n) is 11.7. The Morgan fingerprint density at radius 3 is 2.06 bits per heavy atom. The second kappa shape index (κ2) is 12.5. The fourth-order valence-corrected chi connectivity index (χ4v) is 4.60. The molecule has 0 saturated heterocycles. The fourth-order valence-electron chi connectivity index (χ4n) is 3.73. The van der Waals surface area contributed by atoms with Gasteiger partial charge in [0.2, 0.25) is 11.8 Å². The molecule has 35 heavy (non-hydrogen) atoms. The van der Waals surface area contributed by atoms with Crippen LogP contribution >= 0.6 is 11.8 Å². The zero-order valence-corrected chi connectivity index (χ0v) is 21.4. The van der Waals surface area contributed by atoms with E-state index in [-0.39, 0.29) is 24.1 Å². The minimum Gasteiger partial charge on any atom is -0.350 e. The lowest BCUT2D eigenvalue weighted by molar-refractivity contribution is -0.140. The Morgan fingerprint density at radius 2 is 1.46 bits per heavy atom. The van der Waals surface area contributed by atoms with E-state index in [2.05, 4.69) is 5.32 Å². The number of carbonyl (C=O) groups excluding carboxylic acids is 2. The molecule has 0 saturated carbocycles. The fraction of sp³-hybridized carbons (Fsp3) is 0.310. The first kappa shape index (κ1) is 26.5. The molecule has 0 aliphatic carbocycles. The van der Waals surface area contributed by atoms with Crippen LogP contribution in [-0.4, -0.2) is 34.0 Å². The number of rotatable bonds is 10. The van der Waals surface area contributed by atoms with Gasteiger partial charge in [0.15, 0.2) is 0 Å². The zero-order valence-electron chi connectivity index (χ0n) is 20.5. The number of nitrogens with zero attached hydrogens (tertiary/aromatic N) is 1. The molecule has 6 heteroatoms. The number of halogens is 1. The first-order chi connectivity index (χ1) is 16.7. The zero-order chi connectivity index (χ0) is 25.3. The molecule has 0 unspecified atom stereocenters. The molecular weight excluding hydrogens is 459 g/mol. The topological polar surface area (TPSA) is 49.4 Å². The Labute approximate surface area is 211 Å². The molecule has 3 aromatic carbocycles. The first-order valence-corrected chi connectivity index (χ1v) is 12.9. The van der Waals surface area contributed by atoms with Crippen LogP contribution in [0.4, 0.5) is 4.39 Å². The molecule has 0 aromatic heterocycles. The Balaban J connectivity index is 1.88. The SMILES string of the molecule is CC(C)(C)NC(=O)[C@H](Cc1ccccc1)N(Cc1ccccc1F)C(=O)CSCc1ccccc1. The van der Waals surface area contributed by atoms with Crippen molar-refractivity contribution < 1.29 is 14.0 Å². The average molecular weight is 493 g/mol. The van der Waals surface area contributed by atoms with E-state index >= 15 is 0 Å². The van der Waals surface area contributed by atoms with Gasteiger partial charge in [-0.3, -0.25) is 9.59 Å². The van der Waals surface area contributed by atoms with Gasteiger partial charge in [0.05, 0.1) is 5.75 Å². The van der Waals surface area contributed by atoms with E-state index in [9.17, 15) is 14.0 Å². The summed E-state index contributed by atoms with van der Waals surface area (Å²) in [5.74, 6) is 0.0324. The van der Waals surface area contributed by atoms with Crippen LogP contribution in [0.25, 0.3) is 0 Å². The van der Waals surface area contributed by atoms with Crippen LogP contribution in [-0.2, 0) is 28.3 Å². The quantitative estimate of drug-likeness (QED) is 0.400. The summed E-state index contributed by atoms with van der Waals surface area (Å²) in [6.07, 6.45) is 0.340. The number of carbonyl (C=O) groups is 2. The molecule has 1 atom stereocenters. The largest absolute Gasteiger partial charge is 0.350 e. The second-order valence-electron chi connectivity index (χ2n) is 9.54. The lowest BCUT2D eigenvalue weighted by atomic mass is 10.0. The minimum absolute atomic E-state index is 0.0203. The van der Waals surface area contributed by atoms with Gasteiger partial charge in [-0.05, 0) is 38.0 Å². The summed E-state index contributed by atoms with van der Waals surface area (Å²) in [5, 5.41) is 3.02. The highest BCUT2D eigenvalue weighted by Crippen LogP contribution is 2.20. The third-order valence-electron chi connectivity index (χ3n) is 5.40. The summed E-state index contributed by atoms with van der Waals surface area (Å²) in [5.41, 5.74) is 1.97. The molecule has 3 rings (SSSR count). The van der Waals surface area contributed by atoms with Crippen molar-refractivity contribution >= 4 is 23.6 Å². The van der Waals surface area contributed by atoms with E-state index in [4.69, 9.17) is 0 Å². The Morgan fingerprint density at radius 1 is 0.886 bits per heavy atom. The Hall–Kier alpha value is -3.12. The van der Waals surface area contributed by atoms with Gasteiger partial charge in [-0.25, -0.2) is 4.39 Å². The van der Waals surface area contributed by atoms with E-state index in [0.29, 0.717) is 17.7 Å². The summed E-state index contributed by atoms with van der Waals surface area (Å²) in [7, 11) is 0. The maximum atomic E-state index is 14.6. The Bertz CT molecular complexity index is 1100. The monoisotopic (exact) mass is 492 g/mol. The Kier molecular flexibility index (Phi) is 9.49. The van der Waals surface area contributed by atoms with Gasteiger partial charge in [-0.15, -0.1) is 11.8 Å². The van der Waals surface area contributed by atoms with E-state index in [1.807, 2.05) is 81.4 Å². The van der Waals surface area contributed by atoms with Crippen molar-refractivity contribution in [1.82, 2.24) is 10.2 Å². The molecule has 184 valence electrons.